The van der Waals surface area contributed by atoms with Gasteiger partial charge < -0.3 is 9.47 Å². The summed E-state index contributed by atoms with van der Waals surface area (Å²) in [4.78, 5) is 7.40. The summed E-state index contributed by atoms with van der Waals surface area (Å²) in [6, 6.07) is 5.93. The van der Waals surface area contributed by atoms with E-state index in [1.807, 2.05) is 18.2 Å². The minimum absolute atomic E-state index is 0.744. The van der Waals surface area contributed by atoms with Crippen LogP contribution in [0.5, 0.6) is 11.5 Å². The fourth-order valence-corrected chi connectivity index (χ4v) is 3.84. The van der Waals surface area contributed by atoms with Crippen LogP contribution >= 0.6 is 11.3 Å². The third kappa shape index (κ3) is 4.08. The molecule has 1 aromatic heterocycles. The van der Waals surface area contributed by atoms with E-state index in [1.54, 1.807) is 25.6 Å². The van der Waals surface area contributed by atoms with Crippen molar-refractivity contribution in [1.82, 2.24) is 9.88 Å². The number of benzene rings is 1. The number of rotatable bonds is 9. The Kier molecular flexibility index (Phi) is 5.74. The smallest absolute Gasteiger partial charge is 0.170 e. The first-order chi connectivity index (χ1) is 11.7. The molecule has 24 heavy (non-hydrogen) atoms. The third-order valence-corrected chi connectivity index (χ3v) is 5.25. The van der Waals surface area contributed by atoms with Crippen molar-refractivity contribution in [2.75, 3.05) is 27.3 Å². The van der Waals surface area contributed by atoms with Crippen LogP contribution in [0.2, 0.25) is 0 Å². The molecular formula is C19H26N2O2S. The Hall–Kier alpha value is -1.59. The summed E-state index contributed by atoms with van der Waals surface area (Å²) in [7, 11) is 3.34. The van der Waals surface area contributed by atoms with Crippen molar-refractivity contribution in [2.45, 2.75) is 32.7 Å². The number of hydrogen-bond donors (Lipinski definition) is 0. The van der Waals surface area contributed by atoms with E-state index in [1.165, 1.54) is 25.8 Å². The van der Waals surface area contributed by atoms with Crippen LogP contribution in [0.3, 0.4) is 0 Å². The Morgan fingerprint density at radius 3 is 2.75 bits per heavy atom. The minimum atomic E-state index is 0.744. The van der Waals surface area contributed by atoms with Gasteiger partial charge in [-0.1, -0.05) is 13.0 Å². The number of nitrogens with zero attached hydrogens (tertiary/aromatic N) is 2. The standard InChI is InChI=1S/C19H26N2O2S/c1-4-10-21(11-14-8-9-14)12-15-13-24-19(20-15)16-6-5-7-17(22-2)18(16)23-3/h5-7,13-14H,4,8-12H2,1-3H3. The Morgan fingerprint density at radius 2 is 2.08 bits per heavy atom. The van der Waals surface area contributed by atoms with Crippen molar-refractivity contribution >= 4 is 11.3 Å². The largest absolute Gasteiger partial charge is 0.493 e. The Balaban J connectivity index is 1.77. The van der Waals surface area contributed by atoms with Crippen LogP contribution in [0, 0.1) is 5.92 Å². The lowest BCUT2D eigenvalue weighted by atomic mass is 10.2. The van der Waals surface area contributed by atoms with Crippen LogP contribution in [-0.4, -0.2) is 37.2 Å². The van der Waals surface area contributed by atoms with Crippen molar-refractivity contribution in [1.29, 1.82) is 0 Å². The number of thiazole rings is 1. The highest BCUT2D eigenvalue weighted by molar-refractivity contribution is 7.13. The number of aromatic nitrogens is 1. The highest BCUT2D eigenvalue weighted by atomic mass is 32.1. The first-order valence-electron chi connectivity index (χ1n) is 8.63. The topological polar surface area (TPSA) is 34.6 Å². The van der Waals surface area contributed by atoms with E-state index in [-0.39, 0.29) is 0 Å². The van der Waals surface area contributed by atoms with Gasteiger partial charge in [-0.15, -0.1) is 11.3 Å². The van der Waals surface area contributed by atoms with Gasteiger partial charge in [0.15, 0.2) is 11.5 Å². The molecule has 1 aliphatic rings. The van der Waals surface area contributed by atoms with E-state index in [0.717, 1.165) is 46.8 Å². The van der Waals surface area contributed by atoms with Crippen molar-refractivity contribution in [3.63, 3.8) is 0 Å². The first kappa shape index (κ1) is 17.2. The van der Waals surface area contributed by atoms with Crippen LogP contribution in [0.25, 0.3) is 10.6 Å². The molecule has 0 aliphatic heterocycles. The molecule has 0 atom stereocenters. The summed E-state index contributed by atoms with van der Waals surface area (Å²) in [5, 5.41) is 3.16. The maximum atomic E-state index is 5.54. The highest BCUT2D eigenvalue weighted by Gasteiger charge is 2.24. The molecule has 0 unspecified atom stereocenters. The summed E-state index contributed by atoms with van der Waals surface area (Å²) in [6.07, 6.45) is 3.97. The third-order valence-electron chi connectivity index (χ3n) is 4.32. The molecule has 1 fully saturated rings. The maximum Gasteiger partial charge on any atom is 0.170 e. The first-order valence-corrected chi connectivity index (χ1v) is 9.51. The maximum absolute atomic E-state index is 5.54. The van der Waals surface area contributed by atoms with E-state index >= 15 is 0 Å². The summed E-state index contributed by atoms with van der Waals surface area (Å²) >= 11 is 1.67. The Morgan fingerprint density at radius 1 is 1.25 bits per heavy atom. The van der Waals surface area contributed by atoms with Gasteiger partial charge >= 0.3 is 0 Å². The second kappa shape index (κ2) is 7.99. The second-order valence-electron chi connectivity index (χ2n) is 6.36. The van der Waals surface area contributed by atoms with E-state index in [0.29, 0.717) is 0 Å². The predicted molar refractivity (Wildman–Crippen MR) is 98.9 cm³/mol. The molecular weight excluding hydrogens is 320 g/mol. The summed E-state index contributed by atoms with van der Waals surface area (Å²) in [5.41, 5.74) is 2.14. The molecule has 1 heterocycles. The van der Waals surface area contributed by atoms with Crippen molar-refractivity contribution < 1.29 is 9.47 Å². The predicted octanol–water partition coefficient (Wildman–Crippen LogP) is 4.45. The molecule has 1 saturated carbocycles. The van der Waals surface area contributed by atoms with Crippen molar-refractivity contribution in [3.8, 4) is 22.1 Å². The molecule has 130 valence electrons. The van der Waals surface area contributed by atoms with Gasteiger partial charge in [0.25, 0.3) is 0 Å². The monoisotopic (exact) mass is 346 g/mol. The van der Waals surface area contributed by atoms with Gasteiger partial charge in [-0.3, -0.25) is 4.90 Å². The van der Waals surface area contributed by atoms with Gasteiger partial charge in [-0.25, -0.2) is 4.98 Å². The number of para-hydroxylation sites is 1. The molecule has 0 N–H and O–H groups in total. The molecule has 1 aliphatic carbocycles. The lowest BCUT2D eigenvalue weighted by Crippen LogP contribution is -2.26. The zero-order chi connectivity index (χ0) is 16.9. The van der Waals surface area contributed by atoms with Gasteiger partial charge in [0.2, 0.25) is 0 Å². The van der Waals surface area contributed by atoms with Crippen LogP contribution in [-0.2, 0) is 6.54 Å². The van der Waals surface area contributed by atoms with Crippen LogP contribution in [0.4, 0.5) is 0 Å². The lowest BCUT2D eigenvalue weighted by molar-refractivity contribution is 0.253. The molecule has 0 radical (unpaired) electrons. The van der Waals surface area contributed by atoms with Gasteiger partial charge in [0.1, 0.15) is 5.01 Å². The average molecular weight is 346 g/mol. The fraction of sp³-hybridized carbons (Fsp3) is 0.526. The zero-order valence-electron chi connectivity index (χ0n) is 14.7. The zero-order valence-corrected chi connectivity index (χ0v) is 15.6. The summed E-state index contributed by atoms with van der Waals surface area (Å²) < 4.78 is 10.9. The SMILES string of the molecule is CCCN(Cc1csc(-c2cccc(OC)c2OC)n1)CC1CC1. The molecule has 1 aromatic carbocycles. The molecule has 3 rings (SSSR count). The molecule has 0 saturated heterocycles. The molecule has 0 amide bonds. The molecule has 2 aromatic rings. The van der Waals surface area contributed by atoms with E-state index in [9.17, 15) is 0 Å². The van der Waals surface area contributed by atoms with Crippen molar-refractivity contribution in [3.05, 3.63) is 29.3 Å². The molecule has 0 spiro atoms. The second-order valence-corrected chi connectivity index (χ2v) is 7.22. The lowest BCUT2D eigenvalue weighted by Gasteiger charge is -2.20. The molecule has 0 bridgehead atoms. The van der Waals surface area contributed by atoms with Crippen LogP contribution < -0.4 is 9.47 Å². The van der Waals surface area contributed by atoms with E-state index in [4.69, 9.17) is 14.5 Å². The van der Waals surface area contributed by atoms with Crippen LogP contribution in [0.1, 0.15) is 31.9 Å². The Labute approximate surface area is 148 Å². The fourth-order valence-electron chi connectivity index (χ4n) is 3.00. The van der Waals surface area contributed by atoms with Gasteiger partial charge in [-0.2, -0.15) is 0 Å². The van der Waals surface area contributed by atoms with Gasteiger partial charge in [0, 0.05) is 18.5 Å². The number of ether oxygens (including phenoxy) is 2. The summed E-state index contributed by atoms with van der Waals surface area (Å²) in [5.74, 6) is 2.41. The quantitative estimate of drug-likeness (QED) is 0.672. The van der Waals surface area contributed by atoms with Crippen molar-refractivity contribution in [2.24, 2.45) is 5.92 Å². The Bertz CT molecular complexity index is 667. The van der Waals surface area contributed by atoms with Gasteiger partial charge in [0.05, 0.1) is 25.5 Å². The van der Waals surface area contributed by atoms with E-state index < -0.39 is 0 Å². The minimum Gasteiger partial charge on any atom is -0.493 e. The van der Waals surface area contributed by atoms with E-state index in [2.05, 4.69) is 17.2 Å². The highest BCUT2D eigenvalue weighted by Crippen LogP contribution is 2.39. The number of hydrogen-bond acceptors (Lipinski definition) is 5. The average Bonchev–Trinajstić information content (AvgIpc) is 3.29. The summed E-state index contributed by atoms with van der Waals surface area (Å²) in [6.45, 7) is 5.54. The van der Waals surface area contributed by atoms with Crippen LogP contribution in [0.15, 0.2) is 23.6 Å². The number of methoxy groups -OCH3 is 2. The molecule has 4 nitrogen and oxygen atoms in total. The van der Waals surface area contributed by atoms with Gasteiger partial charge in [-0.05, 0) is 43.9 Å². The molecule has 5 heteroatoms. The normalized spacial score (nSPS) is 14.2.